The molecular formula is C39H24N4. The monoisotopic (exact) mass is 548 g/mol. The molecule has 10 rings (SSSR count). The lowest BCUT2D eigenvalue weighted by atomic mass is 10.0. The Hall–Kier alpha value is -5.87. The first kappa shape index (κ1) is 22.8. The molecule has 200 valence electrons. The fraction of sp³-hybridized carbons (Fsp3) is 0. The van der Waals surface area contributed by atoms with Gasteiger partial charge in [-0.3, -0.25) is 4.40 Å². The summed E-state index contributed by atoms with van der Waals surface area (Å²) in [5.41, 5.74) is 9.22. The zero-order valence-corrected chi connectivity index (χ0v) is 23.1. The van der Waals surface area contributed by atoms with Crippen molar-refractivity contribution in [3.8, 4) is 11.4 Å². The molecule has 0 fully saturated rings. The molecule has 0 spiro atoms. The highest BCUT2D eigenvalue weighted by Gasteiger charge is 2.22. The Morgan fingerprint density at radius 1 is 0.395 bits per heavy atom. The van der Waals surface area contributed by atoms with Crippen molar-refractivity contribution in [3.63, 3.8) is 0 Å². The molecule has 0 aliphatic carbocycles. The van der Waals surface area contributed by atoms with E-state index in [1.165, 1.54) is 54.4 Å². The Labute approximate surface area is 246 Å². The summed E-state index contributed by atoms with van der Waals surface area (Å²) in [7, 11) is 0. The highest BCUT2D eigenvalue weighted by Crippen LogP contribution is 2.44. The van der Waals surface area contributed by atoms with Gasteiger partial charge in [-0.25, -0.2) is 4.98 Å². The lowest BCUT2D eigenvalue weighted by Gasteiger charge is -2.15. The summed E-state index contributed by atoms with van der Waals surface area (Å²) >= 11 is 0. The normalized spacial score (nSPS) is 12.2. The fourth-order valence-electron chi connectivity index (χ4n) is 7.38. The summed E-state index contributed by atoms with van der Waals surface area (Å²) in [5, 5.41) is 8.54. The van der Waals surface area contributed by atoms with Gasteiger partial charge in [0.2, 0.25) is 0 Å². The second kappa shape index (κ2) is 8.34. The van der Waals surface area contributed by atoms with E-state index in [0.717, 1.165) is 27.9 Å². The number of nitrogens with zero attached hydrogens (tertiary/aromatic N) is 4. The minimum atomic E-state index is 0.964. The summed E-state index contributed by atoms with van der Waals surface area (Å²) in [6, 6.07) is 48.1. The number of pyridine rings is 1. The Balaban J connectivity index is 1.53. The van der Waals surface area contributed by atoms with Crippen molar-refractivity contribution < 1.29 is 0 Å². The molecule has 0 aliphatic rings. The quantitative estimate of drug-likeness (QED) is 0.198. The molecule has 0 N–H and O–H groups in total. The maximum atomic E-state index is 4.97. The fourth-order valence-corrected chi connectivity index (χ4v) is 7.38. The summed E-state index contributed by atoms with van der Waals surface area (Å²) in [4.78, 5) is 4.97. The van der Waals surface area contributed by atoms with E-state index in [0.29, 0.717) is 0 Å². The molecule has 4 nitrogen and oxygen atoms in total. The van der Waals surface area contributed by atoms with Gasteiger partial charge in [0.25, 0.3) is 0 Å². The second-order valence-electron chi connectivity index (χ2n) is 11.2. The molecule has 10 aromatic rings. The molecule has 4 heteroatoms. The maximum Gasteiger partial charge on any atom is 0.145 e. The van der Waals surface area contributed by atoms with Gasteiger partial charge in [0, 0.05) is 61.5 Å². The number of rotatable bonds is 2. The summed E-state index contributed by atoms with van der Waals surface area (Å²) in [6.45, 7) is 0. The minimum Gasteiger partial charge on any atom is -0.309 e. The predicted molar refractivity (Wildman–Crippen MR) is 179 cm³/mol. The Bertz CT molecular complexity index is 2710. The van der Waals surface area contributed by atoms with Crippen molar-refractivity contribution in [1.29, 1.82) is 0 Å². The van der Waals surface area contributed by atoms with E-state index in [4.69, 9.17) is 4.98 Å². The first-order valence-electron chi connectivity index (χ1n) is 14.7. The van der Waals surface area contributed by atoms with E-state index in [1.807, 2.05) is 6.20 Å². The predicted octanol–water partition coefficient (Wildman–Crippen LogP) is 9.83. The van der Waals surface area contributed by atoms with Crippen LogP contribution in [0.5, 0.6) is 0 Å². The van der Waals surface area contributed by atoms with Crippen molar-refractivity contribution in [3.05, 3.63) is 146 Å². The molecule has 0 unspecified atom stereocenters. The van der Waals surface area contributed by atoms with Crippen molar-refractivity contribution in [2.24, 2.45) is 0 Å². The van der Waals surface area contributed by atoms with Gasteiger partial charge in [0.05, 0.1) is 27.6 Å². The average molecular weight is 549 g/mol. The zero-order valence-electron chi connectivity index (χ0n) is 23.1. The molecule has 0 saturated carbocycles. The van der Waals surface area contributed by atoms with Crippen LogP contribution in [0.15, 0.2) is 146 Å². The van der Waals surface area contributed by atoms with Crippen molar-refractivity contribution in [2.45, 2.75) is 0 Å². The van der Waals surface area contributed by atoms with Crippen LogP contribution in [0.2, 0.25) is 0 Å². The number of para-hydroxylation sites is 4. The Kier molecular flexibility index (Phi) is 4.42. The molecule has 4 heterocycles. The van der Waals surface area contributed by atoms with E-state index in [2.05, 4.69) is 153 Å². The van der Waals surface area contributed by atoms with Gasteiger partial charge in [-0.05, 0) is 42.5 Å². The van der Waals surface area contributed by atoms with Crippen LogP contribution in [0.25, 0.3) is 82.3 Å². The number of imidazole rings is 1. The lowest BCUT2D eigenvalue weighted by molar-refractivity contribution is 1.17. The standard InChI is InChI=1S/C39H24N4/c1-3-11-25(12-4-1)42-33-17-9-7-15-27(33)29-20-22-32-35(36(29)42)31-21-19-30-28-16-8-10-18-34(28)43(26-13-5-2-6-14-26)38(30)37(31)41-24-23-40-39(32)41/h1-24H. The summed E-state index contributed by atoms with van der Waals surface area (Å²) < 4.78 is 7.15. The topological polar surface area (TPSA) is 27.2 Å². The molecule has 0 saturated heterocycles. The van der Waals surface area contributed by atoms with Gasteiger partial charge in [-0.15, -0.1) is 0 Å². The molecule has 4 aromatic heterocycles. The van der Waals surface area contributed by atoms with Gasteiger partial charge >= 0.3 is 0 Å². The Morgan fingerprint density at radius 3 is 1.56 bits per heavy atom. The molecule has 0 aliphatic heterocycles. The smallest absolute Gasteiger partial charge is 0.145 e. The average Bonchev–Trinajstić information content (AvgIpc) is 3.78. The van der Waals surface area contributed by atoms with Crippen molar-refractivity contribution in [1.82, 2.24) is 18.5 Å². The molecule has 43 heavy (non-hydrogen) atoms. The summed E-state index contributed by atoms with van der Waals surface area (Å²) in [5.74, 6) is 0. The first-order chi connectivity index (χ1) is 21.4. The first-order valence-corrected chi connectivity index (χ1v) is 14.7. The molecule has 0 amide bonds. The number of aromatic nitrogens is 4. The third kappa shape index (κ3) is 2.92. The number of hydrogen-bond acceptors (Lipinski definition) is 1. The SMILES string of the molecule is c1ccc(-n2c3ccccc3c3ccc4c(c5ccc6c7ccccc7n(-c7ccccc7)c6c5n5ccnc45)c32)cc1. The van der Waals surface area contributed by atoms with Crippen LogP contribution in [0.4, 0.5) is 0 Å². The largest absolute Gasteiger partial charge is 0.309 e. The Morgan fingerprint density at radius 2 is 0.907 bits per heavy atom. The van der Waals surface area contributed by atoms with Gasteiger partial charge in [-0.2, -0.15) is 0 Å². The molecule has 6 aromatic carbocycles. The van der Waals surface area contributed by atoms with Crippen LogP contribution in [0, 0.1) is 0 Å². The number of benzene rings is 6. The summed E-state index contributed by atoms with van der Waals surface area (Å²) in [6.07, 6.45) is 4.04. The van der Waals surface area contributed by atoms with Crippen LogP contribution in [0.1, 0.15) is 0 Å². The molecule has 0 atom stereocenters. The molecule has 0 radical (unpaired) electrons. The van der Waals surface area contributed by atoms with Crippen LogP contribution >= 0.6 is 0 Å². The lowest BCUT2D eigenvalue weighted by Crippen LogP contribution is -1.99. The van der Waals surface area contributed by atoms with E-state index in [9.17, 15) is 0 Å². The van der Waals surface area contributed by atoms with Gasteiger partial charge in [-0.1, -0.05) is 91.0 Å². The van der Waals surface area contributed by atoms with E-state index >= 15 is 0 Å². The third-order valence-electron chi connectivity index (χ3n) is 9.07. The number of hydrogen-bond donors (Lipinski definition) is 0. The third-order valence-corrected chi connectivity index (χ3v) is 9.07. The van der Waals surface area contributed by atoms with Gasteiger partial charge in [0.15, 0.2) is 0 Å². The van der Waals surface area contributed by atoms with Crippen molar-refractivity contribution >= 4 is 70.9 Å². The highest BCUT2D eigenvalue weighted by atomic mass is 15.0. The van der Waals surface area contributed by atoms with Crippen LogP contribution < -0.4 is 0 Å². The highest BCUT2D eigenvalue weighted by molar-refractivity contribution is 6.31. The van der Waals surface area contributed by atoms with Gasteiger partial charge in [0.1, 0.15) is 5.65 Å². The van der Waals surface area contributed by atoms with E-state index in [1.54, 1.807) is 0 Å². The number of fused-ring (bicyclic) bond motifs is 14. The van der Waals surface area contributed by atoms with Crippen LogP contribution in [-0.4, -0.2) is 18.5 Å². The van der Waals surface area contributed by atoms with Crippen molar-refractivity contribution in [2.75, 3.05) is 0 Å². The van der Waals surface area contributed by atoms with E-state index < -0.39 is 0 Å². The minimum absolute atomic E-state index is 0.964. The maximum absolute atomic E-state index is 4.97. The van der Waals surface area contributed by atoms with Crippen LogP contribution in [0.3, 0.4) is 0 Å². The van der Waals surface area contributed by atoms with Gasteiger partial charge < -0.3 is 9.13 Å². The van der Waals surface area contributed by atoms with Crippen LogP contribution in [-0.2, 0) is 0 Å². The second-order valence-corrected chi connectivity index (χ2v) is 11.2. The molecular weight excluding hydrogens is 524 g/mol. The van der Waals surface area contributed by atoms with E-state index in [-0.39, 0.29) is 0 Å². The molecule has 0 bridgehead atoms. The zero-order chi connectivity index (χ0) is 28.1.